The summed E-state index contributed by atoms with van der Waals surface area (Å²) < 4.78 is 4.97. The molecule has 0 unspecified atom stereocenters. The predicted molar refractivity (Wildman–Crippen MR) is 101 cm³/mol. The lowest BCUT2D eigenvalue weighted by Crippen LogP contribution is -2.26. The Balaban J connectivity index is 1.94. The number of carbonyl (C=O) groups is 2. The van der Waals surface area contributed by atoms with Crippen molar-refractivity contribution in [2.75, 3.05) is 12.4 Å². The summed E-state index contributed by atoms with van der Waals surface area (Å²) in [5.41, 5.74) is 1.91. The lowest BCUT2D eigenvalue weighted by atomic mass is 9.72. The number of carbonyl (C=O) groups excluding carboxylic acids is 2. The maximum atomic E-state index is 12.5. The first-order valence-electron chi connectivity index (χ1n) is 8.61. The zero-order chi connectivity index (χ0) is 18.9. The number of ether oxygens (including phenoxy) is 1. The van der Waals surface area contributed by atoms with Crippen LogP contribution in [0.1, 0.15) is 58.5 Å². The third kappa shape index (κ3) is 3.62. The predicted octanol–water partition coefficient (Wildman–Crippen LogP) is 3.73. The van der Waals surface area contributed by atoms with E-state index < -0.39 is 5.97 Å². The second-order valence-corrected chi connectivity index (χ2v) is 8.66. The normalized spacial score (nSPS) is 16.7. The monoisotopic (exact) mass is 373 g/mol. The van der Waals surface area contributed by atoms with Crippen LogP contribution >= 0.6 is 11.3 Å². The Labute approximate surface area is 157 Å². The molecule has 0 radical (unpaired) electrons. The summed E-state index contributed by atoms with van der Waals surface area (Å²) in [6.07, 6.45) is 7.12. The van der Waals surface area contributed by atoms with Crippen LogP contribution in [0.25, 0.3) is 0 Å². The SMILES string of the molecule is COC(=O)c1c(NC(=O)c2cnccn2)sc2c1CC[C@@H](C(C)(C)C)C2. The van der Waals surface area contributed by atoms with Crippen LogP contribution in [-0.4, -0.2) is 29.0 Å². The van der Waals surface area contributed by atoms with Crippen molar-refractivity contribution in [3.05, 3.63) is 40.3 Å². The van der Waals surface area contributed by atoms with Crippen molar-refractivity contribution in [2.24, 2.45) is 11.3 Å². The quantitative estimate of drug-likeness (QED) is 0.829. The molecule has 0 aliphatic heterocycles. The van der Waals surface area contributed by atoms with Gasteiger partial charge in [0.1, 0.15) is 10.7 Å². The summed E-state index contributed by atoms with van der Waals surface area (Å²) in [5, 5.41) is 3.36. The molecule has 0 bridgehead atoms. The van der Waals surface area contributed by atoms with Gasteiger partial charge in [-0.1, -0.05) is 20.8 Å². The molecule has 3 rings (SSSR count). The molecule has 0 spiro atoms. The van der Waals surface area contributed by atoms with Gasteiger partial charge in [-0.3, -0.25) is 9.78 Å². The van der Waals surface area contributed by atoms with E-state index in [1.165, 1.54) is 37.0 Å². The largest absolute Gasteiger partial charge is 0.465 e. The first-order chi connectivity index (χ1) is 12.3. The average molecular weight is 373 g/mol. The van der Waals surface area contributed by atoms with E-state index in [1.807, 2.05) is 0 Å². The number of hydrogen-bond donors (Lipinski definition) is 1. The van der Waals surface area contributed by atoms with E-state index in [0.29, 0.717) is 16.5 Å². The molecule has 0 aromatic carbocycles. The first kappa shape index (κ1) is 18.5. The van der Waals surface area contributed by atoms with Gasteiger partial charge in [0.2, 0.25) is 0 Å². The Kier molecular flexibility index (Phi) is 5.09. The van der Waals surface area contributed by atoms with Crippen LogP contribution in [0, 0.1) is 11.3 Å². The number of nitrogens with one attached hydrogen (secondary N) is 1. The zero-order valence-electron chi connectivity index (χ0n) is 15.5. The minimum absolute atomic E-state index is 0.205. The summed E-state index contributed by atoms with van der Waals surface area (Å²) in [7, 11) is 1.36. The van der Waals surface area contributed by atoms with Crippen LogP contribution in [0.15, 0.2) is 18.6 Å². The summed E-state index contributed by atoms with van der Waals surface area (Å²) in [4.78, 5) is 33.9. The first-order valence-corrected chi connectivity index (χ1v) is 9.43. The van der Waals surface area contributed by atoms with Crippen LogP contribution < -0.4 is 5.32 Å². The third-order valence-electron chi connectivity index (χ3n) is 4.90. The van der Waals surface area contributed by atoms with Gasteiger partial charge in [-0.15, -0.1) is 11.3 Å². The highest BCUT2D eigenvalue weighted by Crippen LogP contribution is 2.44. The molecule has 2 aromatic heterocycles. The molecule has 1 aliphatic rings. The van der Waals surface area contributed by atoms with Gasteiger partial charge in [-0.2, -0.15) is 0 Å². The van der Waals surface area contributed by atoms with E-state index in [4.69, 9.17) is 4.74 Å². The van der Waals surface area contributed by atoms with E-state index in [1.54, 1.807) is 0 Å². The van der Waals surface area contributed by atoms with E-state index >= 15 is 0 Å². The molecular formula is C19H23N3O3S. The molecule has 0 saturated carbocycles. The van der Waals surface area contributed by atoms with Crippen molar-refractivity contribution in [1.82, 2.24) is 9.97 Å². The van der Waals surface area contributed by atoms with Crippen molar-refractivity contribution < 1.29 is 14.3 Å². The molecule has 2 aromatic rings. The Morgan fingerprint density at radius 2 is 2.08 bits per heavy atom. The van der Waals surface area contributed by atoms with E-state index in [-0.39, 0.29) is 17.0 Å². The minimum atomic E-state index is -0.411. The maximum absolute atomic E-state index is 12.5. The van der Waals surface area contributed by atoms with Crippen molar-refractivity contribution >= 4 is 28.2 Å². The highest BCUT2D eigenvalue weighted by atomic mass is 32.1. The smallest absolute Gasteiger partial charge is 0.341 e. The van der Waals surface area contributed by atoms with Crippen molar-refractivity contribution in [1.29, 1.82) is 0 Å². The highest BCUT2D eigenvalue weighted by molar-refractivity contribution is 7.17. The number of anilines is 1. The third-order valence-corrected chi connectivity index (χ3v) is 6.07. The number of aromatic nitrogens is 2. The van der Waals surface area contributed by atoms with Crippen molar-refractivity contribution in [3.8, 4) is 0 Å². The average Bonchev–Trinajstić information content (AvgIpc) is 2.98. The van der Waals surface area contributed by atoms with Crippen LogP contribution in [0.2, 0.25) is 0 Å². The Hall–Kier alpha value is -2.28. The number of fused-ring (bicyclic) bond motifs is 1. The molecule has 1 atom stereocenters. The van der Waals surface area contributed by atoms with Crippen LogP contribution in [-0.2, 0) is 17.6 Å². The van der Waals surface area contributed by atoms with Gasteiger partial charge >= 0.3 is 5.97 Å². The number of thiophene rings is 1. The Morgan fingerprint density at radius 1 is 1.31 bits per heavy atom. The second kappa shape index (κ2) is 7.15. The topological polar surface area (TPSA) is 81.2 Å². The molecular weight excluding hydrogens is 350 g/mol. The number of methoxy groups -OCH3 is 1. The van der Waals surface area contributed by atoms with Crippen LogP contribution in [0.4, 0.5) is 5.00 Å². The molecule has 1 amide bonds. The zero-order valence-corrected chi connectivity index (χ0v) is 16.3. The van der Waals surface area contributed by atoms with Gasteiger partial charge in [0.25, 0.3) is 5.91 Å². The van der Waals surface area contributed by atoms with Crippen molar-refractivity contribution in [3.63, 3.8) is 0 Å². The molecule has 26 heavy (non-hydrogen) atoms. The number of esters is 1. The summed E-state index contributed by atoms with van der Waals surface area (Å²) in [5.74, 6) is -0.247. The number of amides is 1. The van der Waals surface area contributed by atoms with Gasteiger partial charge in [-0.25, -0.2) is 9.78 Å². The highest BCUT2D eigenvalue weighted by Gasteiger charge is 2.34. The van der Waals surface area contributed by atoms with Gasteiger partial charge in [0.15, 0.2) is 0 Å². The number of nitrogens with zero attached hydrogens (tertiary/aromatic N) is 2. The fraction of sp³-hybridized carbons (Fsp3) is 0.474. The number of rotatable bonds is 3. The van der Waals surface area contributed by atoms with Gasteiger partial charge in [0.05, 0.1) is 18.9 Å². The fourth-order valence-corrected chi connectivity index (χ4v) is 4.63. The van der Waals surface area contributed by atoms with E-state index in [0.717, 1.165) is 29.7 Å². The standard InChI is InChI=1S/C19H23N3O3S/c1-19(2,3)11-5-6-12-14(9-11)26-17(15(12)18(24)25-4)22-16(23)13-10-20-7-8-21-13/h7-8,10-11H,5-6,9H2,1-4H3,(H,22,23)/t11-/m1/s1. The molecule has 138 valence electrons. The maximum Gasteiger partial charge on any atom is 0.341 e. The summed E-state index contributed by atoms with van der Waals surface area (Å²) >= 11 is 1.47. The lowest BCUT2D eigenvalue weighted by Gasteiger charge is -2.33. The summed E-state index contributed by atoms with van der Waals surface area (Å²) in [6, 6.07) is 0. The fourth-order valence-electron chi connectivity index (χ4n) is 3.31. The number of hydrogen-bond acceptors (Lipinski definition) is 6. The molecule has 2 heterocycles. The van der Waals surface area contributed by atoms with Crippen molar-refractivity contribution in [2.45, 2.75) is 40.0 Å². The van der Waals surface area contributed by atoms with Crippen LogP contribution in [0.5, 0.6) is 0 Å². The molecule has 7 heteroatoms. The Bertz CT molecular complexity index is 825. The van der Waals surface area contributed by atoms with E-state index in [2.05, 4.69) is 36.1 Å². The molecule has 0 fully saturated rings. The lowest BCUT2D eigenvalue weighted by molar-refractivity contribution is 0.0600. The Morgan fingerprint density at radius 3 is 2.69 bits per heavy atom. The molecule has 6 nitrogen and oxygen atoms in total. The minimum Gasteiger partial charge on any atom is -0.465 e. The van der Waals surface area contributed by atoms with Gasteiger partial charge < -0.3 is 10.1 Å². The van der Waals surface area contributed by atoms with Gasteiger partial charge in [0, 0.05) is 17.3 Å². The second-order valence-electron chi connectivity index (χ2n) is 7.55. The van der Waals surface area contributed by atoms with Crippen LogP contribution in [0.3, 0.4) is 0 Å². The molecule has 0 saturated heterocycles. The molecule has 1 N–H and O–H groups in total. The van der Waals surface area contributed by atoms with Gasteiger partial charge in [-0.05, 0) is 36.2 Å². The summed E-state index contributed by atoms with van der Waals surface area (Å²) in [6.45, 7) is 6.73. The molecule has 1 aliphatic carbocycles. The van der Waals surface area contributed by atoms with E-state index in [9.17, 15) is 9.59 Å².